The summed E-state index contributed by atoms with van der Waals surface area (Å²) in [4.78, 5) is 6.70. The first-order chi connectivity index (χ1) is 19.5. The molecule has 5 aromatic rings. The van der Waals surface area contributed by atoms with Crippen LogP contribution < -0.4 is 19.7 Å². The zero-order chi connectivity index (χ0) is 27.6. The molecule has 6 nitrogen and oxygen atoms in total. The van der Waals surface area contributed by atoms with Crippen molar-refractivity contribution in [3.63, 3.8) is 0 Å². The van der Waals surface area contributed by atoms with E-state index in [9.17, 15) is 4.39 Å². The normalized spacial score (nSPS) is 16.6. The second-order valence-corrected chi connectivity index (χ2v) is 9.96. The number of ether oxygens (including phenoxy) is 2. The number of aromatic nitrogens is 2. The molecule has 1 N–H and O–H groups in total. The van der Waals surface area contributed by atoms with Gasteiger partial charge in [-0.25, -0.2) is 4.39 Å². The molecule has 0 aliphatic carbocycles. The lowest BCUT2D eigenvalue weighted by Gasteiger charge is -2.29. The van der Waals surface area contributed by atoms with Gasteiger partial charge in [-0.05, 0) is 103 Å². The van der Waals surface area contributed by atoms with Crippen molar-refractivity contribution in [1.82, 2.24) is 14.9 Å². The molecule has 9 heteroatoms. The second-order valence-electron chi connectivity index (χ2n) is 9.17. The standard InChI is InChI=1S/C31H24ClFN4O2S/c1-38-22-12-14-24(15-13-22)39-23-10-7-20(8-11-23)37-30(29(35-31(37)40)27-5-2-3-17-34-27)28-6-4-18-36(28)21-9-16-26(33)25(32)19-21/h2-19,29-30H,1H3,(H,35,40). The van der Waals surface area contributed by atoms with Crippen LogP contribution in [0.5, 0.6) is 17.2 Å². The van der Waals surface area contributed by atoms with Crippen molar-refractivity contribution in [2.24, 2.45) is 0 Å². The first-order valence-corrected chi connectivity index (χ1v) is 13.4. The number of thiocarbonyl (C=S) groups is 1. The molecule has 0 amide bonds. The highest BCUT2D eigenvalue weighted by molar-refractivity contribution is 7.80. The number of rotatable bonds is 7. The Hall–Kier alpha value is -4.40. The zero-order valence-corrected chi connectivity index (χ0v) is 22.9. The maximum absolute atomic E-state index is 14.0. The van der Waals surface area contributed by atoms with Gasteiger partial charge >= 0.3 is 0 Å². The summed E-state index contributed by atoms with van der Waals surface area (Å²) in [5.74, 6) is 1.69. The molecule has 1 saturated heterocycles. The number of nitrogens with zero attached hydrogens (tertiary/aromatic N) is 3. The van der Waals surface area contributed by atoms with Crippen molar-refractivity contribution in [1.29, 1.82) is 0 Å². The van der Waals surface area contributed by atoms with Gasteiger partial charge in [0.25, 0.3) is 0 Å². The van der Waals surface area contributed by atoms with E-state index in [1.165, 1.54) is 6.07 Å². The number of anilines is 1. The van der Waals surface area contributed by atoms with Crippen LogP contribution in [0.4, 0.5) is 10.1 Å². The molecule has 2 unspecified atom stereocenters. The minimum Gasteiger partial charge on any atom is -0.497 e. The molecule has 200 valence electrons. The molecule has 2 atom stereocenters. The first kappa shape index (κ1) is 25.9. The number of pyridine rings is 1. The molecular weight excluding hydrogens is 547 g/mol. The van der Waals surface area contributed by atoms with Crippen LogP contribution in [0.25, 0.3) is 5.69 Å². The Morgan fingerprint density at radius 3 is 2.25 bits per heavy atom. The molecule has 3 heterocycles. The maximum atomic E-state index is 14.0. The topological polar surface area (TPSA) is 51.6 Å². The average Bonchev–Trinajstić information content (AvgIpc) is 3.60. The minimum atomic E-state index is -0.465. The van der Waals surface area contributed by atoms with Crippen molar-refractivity contribution in [3.8, 4) is 22.9 Å². The summed E-state index contributed by atoms with van der Waals surface area (Å²) in [6.07, 6.45) is 3.70. The van der Waals surface area contributed by atoms with E-state index in [2.05, 4.69) is 15.2 Å². The van der Waals surface area contributed by atoms with Gasteiger partial charge in [-0.3, -0.25) is 4.98 Å². The van der Waals surface area contributed by atoms with Gasteiger partial charge < -0.3 is 24.3 Å². The lowest BCUT2D eigenvalue weighted by atomic mass is 10.0. The fourth-order valence-electron chi connectivity index (χ4n) is 4.89. The molecule has 3 aromatic carbocycles. The number of hydrogen-bond donors (Lipinski definition) is 1. The predicted molar refractivity (Wildman–Crippen MR) is 158 cm³/mol. The summed E-state index contributed by atoms with van der Waals surface area (Å²) in [7, 11) is 1.63. The highest BCUT2D eigenvalue weighted by Crippen LogP contribution is 2.43. The summed E-state index contributed by atoms with van der Waals surface area (Å²) in [5, 5.41) is 4.10. The smallest absolute Gasteiger partial charge is 0.174 e. The fraction of sp³-hybridized carbons (Fsp3) is 0.0968. The molecule has 0 saturated carbocycles. The molecule has 0 radical (unpaired) electrons. The second kappa shape index (κ2) is 11.0. The van der Waals surface area contributed by atoms with Gasteiger partial charge in [0.2, 0.25) is 0 Å². The Morgan fingerprint density at radius 1 is 0.875 bits per heavy atom. The Kier molecular flexibility index (Phi) is 7.11. The van der Waals surface area contributed by atoms with Gasteiger partial charge in [-0.1, -0.05) is 17.7 Å². The summed E-state index contributed by atoms with van der Waals surface area (Å²) in [6, 6.07) is 29.2. The molecule has 0 spiro atoms. The summed E-state index contributed by atoms with van der Waals surface area (Å²) in [5.41, 5.74) is 3.41. The Labute approximate surface area is 241 Å². The SMILES string of the molecule is COc1ccc(Oc2ccc(N3C(=S)NC(c4ccccn4)C3c3cccn3-c3ccc(F)c(Cl)c3)cc2)cc1. The number of nitrogens with one attached hydrogen (secondary N) is 1. The zero-order valence-electron chi connectivity index (χ0n) is 21.4. The predicted octanol–water partition coefficient (Wildman–Crippen LogP) is 7.64. The van der Waals surface area contributed by atoms with Crippen LogP contribution in [0.2, 0.25) is 5.02 Å². The van der Waals surface area contributed by atoms with E-state index in [1.807, 2.05) is 89.6 Å². The molecule has 0 bridgehead atoms. The van der Waals surface area contributed by atoms with Crippen molar-refractivity contribution in [2.75, 3.05) is 12.0 Å². The third-order valence-electron chi connectivity index (χ3n) is 6.77. The van der Waals surface area contributed by atoms with Gasteiger partial charge in [0, 0.05) is 29.5 Å². The van der Waals surface area contributed by atoms with Crippen LogP contribution in [0.1, 0.15) is 23.5 Å². The van der Waals surface area contributed by atoms with Crippen LogP contribution in [0.3, 0.4) is 0 Å². The minimum absolute atomic E-state index is 0.0581. The fourth-order valence-corrected chi connectivity index (χ4v) is 5.41. The van der Waals surface area contributed by atoms with Gasteiger partial charge in [0.15, 0.2) is 5.11 Å². The number of methoxy groups -OCH3 is 1. The molecule has 2 aromatic heterocycles. The van der Waals surface area contributed by atoms with Crippen molar-refractivity contribution < 1.29 is 13.9 Å². The molecule has 6 rings (SSSR count). The van der Waals surface area contributed by atoms with Crippen molar-refractivity contribution >= 4 is 34.6 Å². The summed E-state index contributed by atoms with van der Waals surface area (Å²) >= 11 is 12.0. The highest BCUT2D eigenvalue weighted by atomic mass is 35.5. The lowest BCUT2D eigenvalue weighted by molar-refractivity contribution is 0.413. The monoisotopic (exact) mass is 570 g/mol. The van der Waals surface area contributed by atoms with Gasteiger partial charge in [-0.2, -0.15) is 0 Å². The van der Waals surface area contributed by atoms with Gasteiger partial charge in [-0.15, -0.1) is 0 Å². The van der Waals surface area contributed by atoms with Crippen LogP contribution in [0.15, 0.2) is 109 Å². The van der Waals surface area contributed by atoms with Crippen molar-refractivity contribution in [2.45, 2.75) is 12.1 Å². The molecular formula is C31H24ClFN4O2S. The molecule has 40 heavy (non-hydrogen) atoms. The summed E-state index contributed by atoms with van der Waals surface area (Å²) in [6.45, 7) is 0. The van der Waals surface area contributed by atoms with E-state index in [0.717, 1.165) is 28.5 Å². The van der Waals surface area contributed by atoms with Crippen LogP contribution in [0, 0.1) is 5.82 Å². The van der Waals surface area contributed by atoms with Crippen LogP contribution >= 0.6 is 23.8 Å². The molecule has 1 fully saturated rings. The highest BCUT2D eigenvalue weighted by Gasteiger charge is 2.42. The molecule has 1 aliphatic heterocycles. The largest absolute Gasteiger partial charge is 0.497 e. The number of hydrogen-bond acceptors (Lipinski definition) is 4. The van der Waals surface area contributed by atoms with Crippen LogP contribution in [-0.2, 0) is 0 Å². The first-order valence-electron chi connectivity index (χ1n) is 12.6. The molecule has 1 aliphatic rings. The maximum Gasteiger partial charge on any atom is 0.174 e. The van der Waals surface area contributed by atoms with E-state index in [1.54, 1.807) is 25.4 Å². The van der Waals surface area contributed by atoms with Gasteiger partial charge in [0.05, 0.1) is 23.9 Å². The van der Waals surface area contributed by atoms with E-state index in [0.29, 0.717) is 16.6 Å². The van der Waals surface area contributed by atoms with E-state index >= 15 is 0 Å². The average molecular weight is 571 g/mol. The number of benzene rings is 3. The van der Waals surface area contributed by atoms with Gasteiger partial charge in [0.1, 0.15) is 29.1 Å². The van der Waals surface area contributed by atoms with E-state index in [-0.39, 0.29) is 17.1 Å². The Bertz CT molecular complexity index is 1640. The van der Waals surface area contributed by atoms with E-state index in [4.69, 9.17) is 33.3 Å². The third kappa shape index (κ3) is 4.99. The quantitative estimate of drug-likeness (QED) is 0.203. The third-order valence-corrected chi connectivity index (χ3v) is 7.38. The lowest BCUT2D eigenvalue weighted by Crippen LogP contribution is -2.30. The Balaban J connectivity index is 1.37. The van der Waals surface area contributed by atoms with E-state index < -0.39 is 5.82 Å². The Morgan fingerprint density at radius 2 is 1.57 bits per heavy atom. The summed E-state index contributed by atoms with van der Waals surface area (Å²) < 4.78 is 27.2. The number of halogens is 2. The van der Waals surface area contributed by atoms with Crippen LogP contribution in [-0.4, -0.2) is 21.8 Å². The van der Waals surface area contributed by atoms with Crippen molar-refractivity contribution in [3.05, 3.63) is 132 Å².